The summed E-state index contributed by atoms with van der Waals surface area (Å²) >= 11 is 0. The van der Waals surface area contributed by atoms with Gasteiger partial charge in [0.05, 0.1) is 12.6 Å². The summed E-state index contributed by atoms with van der Waals surface area (Å²) in [4.78, 5) is 8.99. The largest absolute Gasteiger partial charge is 0.424 e. The number of aryl methyl sites for hydroxylation is 2. The zero-order valence-corrected chi connectivity index (χ0v) is 11.9. The van der Waals surface area contributed by atoms with Crippen LogP contribution in [0.2, 0.25) is 0 Å². The summed E-state index contributed by atoms with van der Waals surface area (Å²) < 4.78 is 7.72. The second-order valence-electron chi connectivity index (χ2n) is 5.35. The van der Waals surface area contributed by atoms with Crippen molar-refractivity contribution in [2.24, 2.45) is 0 Å². The van der Waals surface area contributed by atoms with E-state index < -0.39 is 0 Å². The summed E-state index contributed by atoms with van der Waals surface area (Å²) in [5.41, 5.74) is 1.69. The first kappa shape index (κ1) is 12.4. The van der Waals surface area contributed by atoms with Crippen LogP contribution in [0.1, 0.15) is 25.0 Å². The van der Waals surface area contributed by atoms with Crippen molar-refractivity contribution < 1.29 is 4.42 Å². The zero-order valence-electron chi connectivity index (χ0n) is 11.9. The molecule has 1 aliphatic rings. The van der Waals surface area contributed by atoms with E-state index in [4.69, 9.17) is 4.42 Å². The summed E-state index contributed by atoms with van der Waals surface area (Å²) in [7, 11) is 0. The van der Waals surface area contributed by atoms with E-state index in [1.54, 1.807) is 0 Å². The predicted octanol–water partition coefficient (Wildman–Crippen LogP) is 2.41. The van der Waals surface area contributed by atoms with Gasteiger partial charge in [-0.25, -0.2) is 9.67 Å². The third kappa shape index (κ3) is 2.26. The maximum Gasteiger partial charge on any atom is 0.295 e. The van der Waals surface area contributed by atoms with Crippen molar-refractivity contribution in [2.45, 2.75) is 38.8 Å². The predicted molar refractivity (Wildman–Crippen MR) is 79.1 cm³/mol. The number of hydrogen-bond donors (Lipinski definition) is 1. The molecule has 0 aliphatic carbocycles. The van der Waals surface area contributed by atoms with Gasteiger partial charge in [-0.05, 0) is 18.6 Å². The minimum absolute atomic E-state index is 0.275. The molecule has 1 atom stereocenters. The van der Waals surface area contributed by atoms with Crippen molar-refractivity contribution in [3.8, 4) is 0 Å². The molecule has 6 heteroatoms. The molecule has 21 heavy (non-hydrogen) atoms. The molecule has 1 N–H and O–H groups in total. The van der Waals surface area contributed by atoms with Crippen LogP contribution in [-0.4, -0.2) is 25.8 Å². The van der Waals surface area contributed by atoms with Gasteiger partial charge >= 0.3 is 0 Å². The van der Waals surface area contributed by atoms with E-state index in [0.717, 1.165) is 48.6 Å². The summed E-state index contributed by atoms with van der Waals surface area (Å²) in [6.07, 6.45) is 2.83. The highest BCUT2D eigenvalue weighted by atomic mass is 16.4. The first-order valence-electron chi connectivity index (χ1n) is 7.36. The Hall–Kier alpha value is -2.37. The Balaban J connectivity index is 1.52. The number of nitrogens with zero attached hydrogens (tertiary/aromatic N) is 4. The van der Waals surface area contributed by atoms with Gasteiger partial charge in [-0.1, -0.05) is 19.1 Å². The molecule has 4 rings (SSSR count). The second kappa shape index (κ2) is 4.87. The highest BCUT2D eigenvalue weighted by Crippen LogP contribution is 2.21. The lowest BCUT2D eigenvalue weighted by molar-refractivity contribution is 0.431. The molecular formula is C15H17N5O. The normalized spacial score (nSPS) is 17.9. The van der Waals surface area contributed by atoms with Crippen molar-refractivity contribution in [1.82, 2.24) is 19.7 Å². The Kier molecular flexibility index (Phi) is 2.87. The lowest BCUT2D eigenvalue weighted by Crippen LogP contribution is -2.32. The summed E-state index contributed by atoms with van der Waals surface area (Å²) in [6.45, 7) is 2.89. The summed E-state index contributed by atoms with van der Waals surface area (Å²) in [5, 5.41) is 7.89. The van der Waals surface area contributed by atoms with E-state index in [2.05, 4.69) is 27.3 Å². The van der Waals surface area contributed by atoms with Gasteiger partial charge in [0.2, 0.25) is 0 Å². The molecule has 0 bridgehead atoms. The topological polar surface area (TPSA) is 68.8 Å². The molecule has 0 radical (unpaired) electrons. The van der Waals surface area contributed by atoms with E-state index in [0.29, 0.717) is 6.01 Å². The molecule has 0 spiro atoms. The number of benzene rings is 1. The molecule has 108 valence electrons. The molecule has 6 nitrogen and oxygen atoms in total. The molecule has 2 aromatic heterocycles. The Labute approximate surface area is 122 Å². The van der Waals surface area contributed by atoms with Crippen molar-refractivity contribution in [3.63, 3.8) is 0 Å². The average Bonchev–Trinajstić information content (AvgIpc) is 3.09. The summed E-state index contributed by atoms with van der Waals surface area (Å²) in [6, 6.07) is 8.65. The van der Waals surface area contributed by atoms with Crippen LogP contribution in [0, 0.1) is 0 Å². The molecule has 0 saturated heterocycles. The standard InChI is InChI=1S/C15H17N5O/c1-2-13-18-14-8-7-10(9-20(14)19-13)16-15-17-11-5-3-4-6-12(11)21-15/h3-6,10H,2,7-9H2,1H3,(H,16,17)/t10-/m1/s1. The van der Waals surface area contributed by atoms with Crippen LogP contribution < -0.4 is 5.32 Å². The monoisotopic (exact) mass is 283 g/mol. The van der Waals surface area contributed by atoms with Crippen LogP contribution in [-0.2, 0) is 19.4 Å². The smallest absolute Gasteiger partial charge is 0.295 e. The lowest BCUT2D eigenvalue weighted by atomic mass is 10.1. The van der Waals surface area contributed by atoms with Crippen LogP contribution in [0.25, 0.3) is 11.1 Å². The van der Waals surface area contributed by atoms with Gasteiger partial charge in [-0.3, -0.25) is 0 Å². The first-order chi connectivity index (χ1) is 10.3. The van der Waals surface area contributed by atoms with Crippen LogP contribution in [0.3, 0.4) is 0 Å². The van der Waals surface area contributed by atoms with Crippen molar-refractivity contribution in [3.05, 3.63) is 35.9 Å². The molecule has 0 amide bonds. The first-order valence-corrected chi connectivity index (χ1v) is 7.36. The number of hydrogen-bond acceptors (Lipinski definition) is 5. The molecule has 1 aliphatic heterocycles. The maximum atomic E-state index is 5.72. The SMILES string of the molecule is CCc1nc2n(n1)C[C@H](Nc1nc3ccccc3o1)CC2. The number of rotatable bonds is 3. The van der Waals surface area contributed by atoms with Crippen molar-refractivity contribution in [1.29, 1.82) is 0 Å². The van der Waals surface area contributed by atoms with Gasteiger partial charge in [0.25, 0.3) is 6.01 Å². The van der Waals surface area contributed by atoms with E-state index in [1.807, 2.05) is 28.9 Å². The minimum Gasteiger partial charge on any atom is -0.424 e. The van der Waals surface area contributed by atoms with Crippen LogP contribution in [0.5, 0.6) is 0 Å². The number of anilines is 1. The summed E-state index contributed by atoms with van der Waals surface area (Å²) in [5.74, 6) is 2.01. The molecular weight excluding hydrogens is 266 g/mol. The lowest BCUT2D eigenvalue weighted by Gasteiger charge is -2.22. The van der Waals surface area contributed by atoms with Crippen LogP contribution in [0.15, 0.2) is 28.7 Å². The van der Waals surface area contributed by atoms with Gasteiger partial charge in [0, 0.05) is 12.8 Å². The van der Waals surface area contributed by atoms with Gasteiger partial charge in [-0.15, -0.1) is 0 Å². The highest BCUT2D eigenvalue weighted by Gasteiger charge is 2.22. The fourth-order valence-corrected chi connectivity index (χ4v) is 2.74. The fourth-order valence-electron chi connectivity index (χ4n) is 2.74. The Morgan fingerprint density at radius 3 is 3.10 bits per heavy atom. The Morgan fingerprint density at radius 2 is 2.24 bits per heavy atom. The molecule has 0 unspecified atom stereocenters. The van der Waals surface area contributed by atoms with Gasteiger partial charge < -0.3 is 9.73 Å². The van der Waals surface area contributed by atoms with Gasteiger partial charge in [0.15, 0.2) is 11.4 Å². The molecule has 3 aromatic rings. The highest BCUT2D eigenvalue weighted by molar-refractivity contribution is 5.74. The van der Waals surface area contributed by atoms with Gasteiger partial charge in [0.1, 0.15) is 11.3 Å². The maximum absolute atomic E-state index is 5.72. The minimum atomic E-state index is 0.275. The van der Waals surface area contributed by atoms with E-state index >= 15 is 0 Å². The third-order valence-corrected chi connectivity index (χ3v) is 3.84. The number of para-hydroxylation sites is 2. The number of nitrogens with one attached hydrogen (secondary N) is 1. The van der Waals surface area contributed by atoms with E-state index in [1.165, 1.54) is 0 Å². The van der Waals surface area contributed by atoms with E-state index in [-0.39, 0.29) is 6.04 Å². The Bertz CT molecular complexity index is 742. The average molecular weight is 283 g/mol. The quantitative estimate of drug-likeness (QED) is 0.799. The number of oxazole rings is 1. The third-order valence-electron chi connectivity index (χ3n) is 3.84. The van der Waals surface area contributed by atoms with E-state index in [9.17, 15) is 0 Å². The molecule has 0 fully saturated rings. The molecule has 0 saturated carbocycles. The molecule has 3 heterocycles. The molecule has 1 aromatic carbocycles. The van der Waals surface area contributed by atoms with Crippen LogP contribution in [0.4, 0.5) is 6.01 Å². The zero-order chi connectivity index (χ0) is 14.2. The van der Waals surface area contributed by atoms with Gasteiger partial charge in [-0.2, -0.15) is 10.1 Å². The number of aromatic nitrogens is 4. The fraction of sp³-hybridized carbons (Fsp3) is 0.400. The second-order valence-corrected chi connectivity index (χ2v) is 5.35. The van der Waals surface area contributed by atoms with Crippen LogP contribution >= 0.6 is 0 Å². The van der Waals surface area contributed by atoms with Crippen molar-refractivity contribution in [2.75, 3.05) is 5.32 Å². The number of fused-ring (bicyclic) bond motifs is 2. The van der Waals surface area contributed by atoms with Crippen molar-refractivity contribution >= 4 is 17.1 Å². The Morgan fingerprint density at radius 1 is 1.33 bits per heavy atom.